The van der Waals surface area contributed by atoms with E-state index in [1.165, 1.54) is 11.3 Å². The summed E-state index contributed by atoms with van der Waals surface area (Å²) in [5.74, 6) is 1.79. The minimum atomic E-state index is 0.789. The predicted octanol–water partition coefficient (Wildman–Crippen LogP) is 4.74. The Morgan fingerprint density at radius 1 is 0.815 bits per heavy atom. The van der Waals surface area contributed by atoms with Crippen molar-refractivity contribution in [2.75, 3.05) is 36.0 Å². The lowest BCUT2D eigenvalue weighted by molar-refractivity contribution is 0.645. The molecule has 0 bridgehead atoms. The van der Waals surface area contributed by atoms with E-state index in [2.05, 4.69) is 52.0 Å². The number of halogens is 1. The maximum Gasteiger partial charge on any atom is 0.161 e. The topological polar surface area (TPSA) is 32.3 Å². The Morgan fingerprint density at radius 3 is 2.26 bits per heavy atom. The molecule has 0 saturated carbocycles. The van der Waals surface area contributed by atoms with Gasteiger partial charge in [-0.05, 0) is 31.5 Å². The fraction of sp³-hybridized carbons (Fsp3) is 0.273. The molecule has 4 nitrogen and oxygen atoms in total. The van der Waals surface area contributed by atoms with E-state index in [-0.39, 0.29) is 0 Å². The Kier molecular flexibility index (Phi) is 4.99. The van der Waals surface area contributed by atoms with Gasteiger partial charge in [0.05, 0.1) is 0 Å². The summed E-state index contributed by atoms with van der Waals surface area (Å²) >= 11 is 6.20. The van der Waals surface area contributed by atoms with Gasteiger partial charge in [-0.1, -0.05) is 48.0 Å². The summed E-state index contributed by atoms with van der Waals surface area (Å²) in [6, 6.07) is 18.3. The van der Waals surface area contributed by atoms with Gasteiger partial charge in [-0.15, -0.1) is 0 Å². The molecule has 0 amide bonds. The van der Waals surface area contributed by atoms with Crippen LogP contribution >= 0.6 is 11.6 Å². The van der Waals surface area contributed by atoms with Crippen LogP contribution in [0.25, 0.3) is 11.4 Å². The van der Waals surface area contributed by atoms with E-state index in [4.69, 9.17) is 16.6 Å². The van der Waals surface area contributed by atoms with Crippen LogP contribution < -0.4 is 9.80 Å². The van der Waals surface area contributed by atoms with E-state index in [1.807, 2.05) is 31.2 Å². The number of anilines is 2. The van der Waals surface area contributed by atoms with Crippen molar-refractivity contribution >= 4 is 23.1 Å². The van der Waals surface area contributed by atoms with E-state index >= 15 is 0 Å². The molecule has 1 aromatic heterocycles. The number of nitrogens with zero attached hydrogens (tertiary/aromatic N) is 4. The Morgan fingerprint density at radius 2 is 1.52 bits per heavy atom. The van der Waals surface area contributed by atoms with Crippen LogP contribution in [0.5, 0.6) is 0 Å². The molecular formula is C22H23ClN4. The van der Waals surface area contributed by atoms with Gasteiger partial charge in [-0.2, -0.15) is 0 Å². The summed E-state index contributed by atoms with van der Waals surface area (Å²) in [7, 11) is 0. The number of piperazine rings is 1. The number of hydrogen-bond acceptors (Lipinski definition) is 4. The molecule has 0 atom stereocenters. The highest BCUT2D eigenvalue weighted by molar-refractivity contribution is 6.30. The molecule has 0 spiro atoms. The molecule has 1 aliphatic heterocycles. The minimum Gasteiger partial charge on any atom is -0.368 e. The molecule has 5 heteroatoms. The summed E-state index contributed by atoms with van der Waals surface area (Å²) < 4.78 is 0. The molecule has 1 aliphatic rings. The van der Waals surface area contributed by atoms with E-state index < -0.39 is 0 Å². The largest absolute Gasteiger partial charge is 0.368 e. The van der Waals surface area contributed by atoms with Crippen molar-refractivity contribution < 1.29 is 0 Å². The average molecular weight is 379 g/mol. The molecule has 1 fully saturated rings. The Hall–Kier alpha value is -2.59. The number of hydrogen-bond donors (Lipinski definition) is 0. The van der Waals surface area contributed by atoms with Crippen molar-refractivity contribution in [3.8, 4) is 11.4 Å². The van der Waals surface area contributed by atoms with Gasteiger partial charge >= 0.3 is 0 Å². The predicted molar refractivity (Wildman–Crippen MR) is 113 cm³/mol. The first-order valence-corrected chi connectivity index (χ1v) is 9.65. The second kappa shape index (κ2) is 7.57. The molecule has 2 heterocycles. The SMILES string of the molecule is Cc1cc(N2CCN(c3cc(Cl)ccc3C)CC2)nc(-c2ccccc2)n1. The van der Waals surface area contributed by atoms with Gasteiger partial charge < -0.3 is 9.80 Å². The second-order valence-corrected chi connectivity index (χ2v) is 7.40. The molecule has 0 aliphatic carbocycles. The molecule has 138 valence electrons. The van der Waals surface area contributed by atoms with Crippen LogP contribution in [0.4, 0.5) is 11.5 Å². The van der Waals surface area contributed by atoms with Crippen LogP contribution in [0.2, 0.25) is 5.02 Å². The Labute approximate surface area is 165 Å². The van der Waals surface area contributed by atoms with Crippen LogP contribution in [-0.2, 0) is 0 Å². The molecule has 0 unspecified atom stereocenters. The zero-order valence-electron chi connectivity index (χ0n) is 15.7. The summed E-state index contributed by atoms with van der Waals surface area (Å²) in [5, 5.41) is 0.789. The molecule has 0 N–H and O–H groups in total. The lowest BCUT2D eigenvalue weighted by Crippen LogP contribution is -2.47. The minimum absolute atomic E-state index is 0.789. The molecule has 3 aromatic rings. The fourth-order valence-corrected chi connectivity index (χ4v) is 3.70. The summed E-state index contributed by atoms with van der Waals surface area (Å²) in [6.07, 6.45) is 0. The number of rotatable bonds is 3. The summed E-state index contributed by atoms with van der Waals surface area (Å²) in [6.45, 7) is 7.92. The van der Waals surface area contributed by atoms with Crippen LogP contribution in [0.3, 0.4) is 0 Å². The van der Waals surface area contributed by atoms with E-state index in [9.17, 15) is 0 Å². The monoisotopic (exact) mass is 378 g/mol. The van der Waals surface area contributed by atoms with Gasteiger partial charge in [0, 0.05) is 54.2 Å². The smallest absolute Gasteiger partial charge is 0.161 e. The van der Waals surface area contributed by atoms with Crippen molar-refractivity contribution in [2.24, 2.45) is 0 Å². The molecular weight excluding hydrogens is 356 g/mol. The van der Waals surface area contributed by atoms with Gasteiger partial charge in [-0.3, -0.25) is 0 Å². The Balaban J connectivity index is 1.53. The fourth-order valence-electron chi connectivity index (χ4n) is 3.53. The first-order valence-electron chi connectivity index (χ1n) is 9.27. The standard InChI is InChI=1S/C22H23ClN4/c1-16-8-9-19(23)15-20(16)26-10-12-27(13-11-26)21-14-17(2)24-22(25-21)18-6-4-3-5-7-18/h3-9,14-15H,10-13H2,1-2H3. The van der Waals surface area contributed by atoms with Crippen molar-refractivity contribution in [2.45, 2.75) is 13.8 Å². The molecule has 4 rings (SSSR count). The van der Waals surface area contributed by atoms with E-state index in [1.54, 1.807) is 0 Å². The third kappa shape index (κ3) is 3.91. The molecule has 27 heavy (non-hydrogen) atoms. The average Bonchev–Trinajstić information content (AvgIpc) is 2.70. The van der Waals surface area contributed by atoms with Gasteiger partial charge in [0.15, 0.2) is 5.82 Å². The molecule has 1 saturated heterocycles. The maximum atomic E-state index is 6.20. The summed E-state index contributed by atoms with van der Waals surface area (Å²) in [4.78, 5) is 14.2. The second-order valence-electron chi connectivity index (χ2n) is 6.96. The third-order valence-electron chi connectivity index (χ3n) is 4.99. The van der Waals surface area contributed by atoms with E-state index in [0.717, 1.165) is 54.1 Å². The van der Waals surface area contributed by atoms with Crippen LogP contribution in [0.15, 0.2) is 54.6 Å². The third-order valence-corrected chi connectivity index (χ3v) is 5.22. The van der Waals surface area contributed by atoms with Gasteiger partial charge in [0.25, 0.3) is 0 Å². The quantitative estimate of drug-likeness (QED) is 0.658. The molecule has 2 aromatic carbocycles. The first kappa shape index (κ1) is 17.8. The van der Waals surface area contributed by atoms with E-state index in [0.29, 0.717) is 0 Å². The highest BCUT2D eigenvalue weighted by Gasteiger charge is 2.20. The van der Waals surface area contributed by atoms with Crippen molar-refractivity contribution in [3.63, 3.8) is 0 Å². The summed E-state index contributed by atoms with van der Waals surface area (Å²) in [5.41, 5.74) is 4.53. The van der Waals surface area contributed by atoms with Crippen molar-refractivity contribution in [1.82, 2.24) is 9.97 Å². The van der Waals surface area contributed by atoms with Crippen molar-refractivity contribution in [3.05, 3.63) is 70.9 Å². The number of aromatic nitrogens is 2. The highest BCUT2D eigenvalue weighted by Crippen LogP contribution is 2.27. The van der Waals surface area contributed by atoms with Crippen LogP contribution in [0.1, 0.15) is 11.3 Å². The number of benzene rings is 2. The van der Waals surface area contributed by atoms with Gasteiger partial charge in [-0.25, -0.2) is 9.97 Å². The zero-order valence-corrected chi connectivity index (χ0v) is 16.4. The van der Waals surface area contributed by atoms with Gasteiger partial charge in [0.1, 0.15) is 5.82 Å². The number of aryl methyl sites for hydroxylation is 2. The zero-order chi connectivity index (χ0) is 18.8. The molecule has 0 radical (unpaired) electrons. The van der Waals surface area contributed by atoms with Crippen LogP contribution in [0, 0.1) is 13.8 Å². The maximum absolute atomic E-state index is 6.20. The van der Waals surface area contributed by atoms with Crippen LogP contribution in [-0.4, -0.2) is 36.1 Å². The lowest BCUT2D eigenvalue weighted by atomic mass is 10.1. The normalized spacial score (nSPS) is 14.5. The van der Waals surface area contributed by atoms with Gasteiger partial charge in [0.2, 0.25) is 0 Å². The highest BCUT2D eigenvalue weighted by atomic mass is 35.5. The first-order chi connectivity index (χ1) is 13.1. The lowest BCUT2D eigenvalue weighted by Gasteiger charge is -2.37. The Bertz CT molecular complexity index is 934. The van der Waals surface area contributed by atoms with Crippen molar-refractivity contribution in [1.29, 1.82) is 0 Å².